The topological polar surface area (TPSA) is 103 Å². The van der Waals surface area contributed by atoms with Crippen molar-refractivity contribution in [2.75, 3.05) is 0 Å². The van der Waals surface area contributed by atoms with Gasteiger partial charge in [0.15, 0.2) is 11.6 Å². The molecule has 0 bridgehead atoms. The summed E-state index contributed by atoms with van der Waals surface area (Å²) in [4.78, 5) is 21.5. The second-order valence-electron chi connectivity index (χ2n) is 9.32. The minimum absolute atomic E-state index is 0.00784. The highest BCUT2D eigenvalue weighted by Crippen LogP contribution is 2.28. The third-order valence-electron chi connectivity index (χ3n) is 5.53. The summed E-state index contributed by atoms with van der Waals surface area (Å²) in [7, 11) is 1.83. The minimum Gasteiger partial charge on any atom is -0.448 e. The summed E-state index contributed by atoms with van der Waals surface area (Å²) < 4.78 is 23.8. The Hall–Kier alpha value is -4.34. The molecule has 5 rings (SSSR count). The number of hydrogen-bond donors (Lipinski definition) is 1. The molecular formula is C25H24FN7O2. The minimum atomic E-state index is -0.454. The van der Waals surface area contributed by atoms with E-state index in [1.165, 1.54) is 12.3 Å². The van der Waals surface area contributed by atoms with E-state index in [0.29, 0.717) is 28.4 Å². The fraction of sp³-hybridized carbons (Fsp3) is 0.240. The molecule has 0 aliphatic rings. The number of hydrogen-bond acceptors (Lipinski definition) is 6. The average Bonchev–Trinajstić information content (AvgIpc) is 3.57. The number of fused-ring (bicyclic) bond motifs is 1. The van der Waals surface area contributed by atoms with Crippen molar-refractivity contribution in [2.45, 2.75) is 32.7 Å². The summed E-state index contributed by atoms with van der Waals surface area (Å²) in [6, 6.07) is 6.66. The van der Waals surface area contributed by atoms with Crippen LogP contribution in [-0.2, 0) is 19.0 Å². The molecule has 1 N–H and O–H groups in total. The number of nitrogens with zero attached hydrogens (tertiary/aromatic N) is 6. The predicted octanol–water partition coefficient (Wildman–Crippen LogP) is 4.15. The smallest absolute Gasteiger partial charge is 0.273 e. The molecule has 0 aliphatic carbocycles. The zero-order valence-electron chi connectivity index (χ0n) is 19.8. The van der Waals surface area contributed by atoms with E-state index in [4.69, 9.17) is 9.40 Å². The van der Waals surface area contributed by atoms with Gasteiger partial charge in [0.1, 0.15) is 12.1 Å². The van der Waals surface area contributed by atoms with Crippen molar-refractivity contribution in [1.82, 2.24) is 34.7 Å². The first-order valence-corrected chi connectivity index (χ1v) is 11.1. The highest BCUT2D eigenvalue weighted by Gasteiger charge is 2.22. The fourth-order valence-corrected chi connectivity index (χ4v) is 3.66. The van der Waals surface area contributed by atoms with E-state index in [0.717, 1.165) is 11.1 Å². The lowest BCUT2D eigenvalue weighted by Crippen LogP contribution is -2.24. The Balaban J connectivity index is 1.39. The van der Waals surface area contributed by atoms with Gasteiger partial charge in [-0.2, -0.15) is 10.2 Å². The molecule has 4 aromatic heterocycles. The van der Waals surface area contributed by atoms with Crippen LogP contribution in [0, 0.1) is 5.82 Å². The second-order valence-corrected chi connectivity index (χ2v) is 9.32. The van der Waals surface area contributed by atoms with Crippen molar-refractivity contribution in [2.24, 2.45) is 7.05 Å². The Labute approximate surface area is 200 Å². The summed E-state index contributed by atoms with van der Waals surface area (Å²) in [5.41, 5.74) is 3.62. The van der Waals surface area contributed by atoms with Crippen LogP contribution >= 0.6 is 0 Å². The first kappa shape index (κ1) is 22.5. The summed E-state index contributed by atoms with van der Waals surface area (Å²) in [5.74, 6) is -0.422. The molecule has 5 aromatic rings. The zero-order chi connectivity index (χ0) is 24.7. The van der Waals surface area contributed by atoms with Crippen molar-refractivity contribution in [3.05, 3.63) is 78.3 Å². The summed E-state index contributed by atoms with van der Waals surface area (Å²) in [6.45, 7) is 5.83. The van der Waals surface area contributed by atoms with Crippen LogP contribution in [0.5, 0.6) is 0 Å². The Morgan fingerprint density at radius 1 is 1.11 bits per heavy atom. The van der Waals surface area contributed by atoms with Crippen molar-refractivity contribution < 1.29 is 13.6 Å². The maximum absolute atomic E-state index is 15.1. The molecule has 0 aliphatic heterocycles. The van der Waals surface area contributed by atoms with Gasteiger partial charge in [0, 0.05) is 41.9 Å². The lowest BCUT2D eigenvalue weighted by molar-refractivity contribution is 0.0945. The van der Waals surface area contributed by atoms with E-state index in [-0.39, 0.29) is 17.7 Å². The van der Waals surface area contributed by atoms with Gasteiger partial charge >= 0.3 is 0 Å². The molecule has 0 saturated heterocycles. The lowest BCUT2D eigenvalue weighted by Gasteiger charge is -2.11. The van der Waals surface area contributed by atoms with E-state index in [9.17, 15) is 4.79 Å². The largest absolute Gasteiger partial charge is 0.448 e. The van der Waals surface area contributed by atoms with Crippen LogP contribution in [0.4, 0.5) is 4.39 Å². The van der Waals surface area contributed by atoms with Gasteiger partial charge in [0.25, 0.3) is 5.91 Å². The van der Waals surface area contributed by atoms with Crippen LogP contribution in [0.25, 0.3) is 28.0 Å². The van der Waals surface area contributed by atoms with Crippen LogP contribution < -0.4 is 5.32 Å². The molecule has 1 amide bonds. The number of carbonyl (C=O) groups is 1. The van der Waals surface area contributed by atoms with Crippen LogP contribution in [0.1, 0.15) is 42.7 Å². The molecule has 178 valence electrons. The number of rotatable bonds is 5. The van der Waals surface area contributed by atoms with Crippen molar-refractivity contribution in [1.29, 1.82) is 0 Å². The Bertz CT molecular complexity index is 1540. The van der Waals surface area contributed by atoms with Crippen molar-refractivity contribution in [3.63, 3.8) is 0 Å². The number of nitrogens with one attached hydrogen (secondary N) is 1. The molecule has 10 heteroatoms. The zero-order valence-corrected chi connectivity index (χ0v) is 19.8. The number of amides is 1. The lowest BCUT2D eigenvalue weighted by atomic mass is 9.97. The van der Waals surface area contributed by atoms with E-state index in [2.05, 4.69) is 20.5 Å². The Kier molecular flexibility index (Phi) is 5.43. The molecule has 0 atom stereocenters. The number of carbonyl (C=O) groups excluding carboxylic acids is 1. The van der Waals surface area contributed by atoms with Gasteiger partial charge in [-0.15, -0.1) is 0 Å². The van der Waals surface area contributed by atoms with Gasteiger partial charge in [-0.1, -0.05) is 32.9 Å². The maximum Gasteiger partial charge on any atom is 0.273 e. The standard InChI is InChI=1S/C25H24FN7O2/c1-25(2,3)24-31-20(14-35-24)23(34)27-10-16-6-5-15(9-18(16)26)22-21-7-8-28-33(21)13-19(30-22)17-11-29-32(4)12-17/h5-9,11-14H,10H2,1-4H3,(H,27,34). The Morgan fingerprint density at radius 2 is 1.94 bits per heavy atom. The first-order chi connectivity index (χ1) is 16.7. The summed E-state index contributed by atoms with van der Waals surface area (Å²) >= 11 is 0. The molecule has 0 fully saturated rings. The molecule has 9 nitrogen and oxygen atoms in total. The average molecular weight is 474 g/mol. The third kappa shape index (κ3) is 4.42. The first-order valence-electron chi connectivity index (χ1n) is 11.1. The summed E-state index contributed by atoms with van der Waals surface area (Å²) in [6.07, 6.45) is 8.36. The van der Waals surface area contributed by atoms with Gasteiger partial charge in [0.05, 0.1) is 35.5 Å². The van der Waals surface area contributed by atoms with Crippen LogP contribution in [0.3, 0.4) is 0 Å². The number of halogens is 1. The van der Waals surface area contributed by atoms with Crippen LogP contribution in [0.15, 0.2) is 59.7 Å². The van der Waals surface area contributed by atoms with E-state index >= 15 is 4.39 Å². The highest BCUT2D eigenvalue weighted by molar-refractivity contribution is 5.91. The van der Waals surface area contributed by atoms with Gasteiger partial charge in [-0.25, -0.2) is 18.9 Å². The molecule has 0 spiro atoms. The molecule has 35 heavy (non-hydrogen) atoms. The van der Waals surface area contributed by atoms with Crippen LogP contribution in [-0.4, -0.2) is 35.3 Å². The van der Waals surface area contributed by atoms with Gasteiger partial charge in [0.2, 0.25) is 0 Å². The third-order valence-corrected chi connectivity index (χ3v) is 5.53. The van der Waals surface area contributed by atoms with Gasteiger partial charge < -0.3 is 9.73 Å². The van der Waals surface area contributed by atoms with E-state index in [1.54, 1.807) is 33.7 Å². The number of oxazole rings is 1. The molecular weight excluding hydrogens is 449 g/mol. The Morgan fingerprint density at radius 3 is 2.63 bits per heavy atom. The SMILES string of the molecule is Cn1cc(-c2cn3nccc3c(-c3ccc(CNC(=O)c4coc(C(C)(C)C)n4)c(F)c3)n2)cn1. The number of aromatic nitrogens is 6. The van der Waals surface area contributed by atoms with Gasteiger partial charge in [-0.3, -0.25) is 9.48 Å². The highest BCUT2D eigenvalue weighted by atomic mass is 19.1. The molecule has 4 heterocycles. The van der Waals surface area contributed by atoms with Crippen LogP contribution in [0.2, 0.25) is 0 Å². The summed E-state index contributed by atoms with van der Waals surface area (Å²) in [5, 5.41) is 11.2. The molecule has 0 unspecified atom stereocenters. The second kappa shape index (κ2) is 8.46. The molecule has 1 aromatic carbocycles. The normalized spacial score (nSPS) is 11.8. The quantitative estimate of drug-likeness (QED) is 0.411. The molecule has 0 radical (unpaired) electrons. The van der Waals surface area contributed by atoms with E-state index in [1.807, 2.05) is 46.3 Å². The monoisotopic (exact) mass is 473 g/mol. The van der Waals surface area contributed by atoms with Gasteiger partial charge in [-0.05, 0) is 12.1 Å². The fourth-order valence-electron chi connectivity index (χ4n) is 3.66. The predicted molar refractivity (Wildman–Crippen MR) is 127 cm³/mol. The number of aryl methyl sites for hydroxylation is 1. The van der Waals surface area contributed by atoms with Crippen molar-refractivity contribution >= 4 is 11.4 Å². The molecule has 0 saturated carbocycles. The number of benzene rings is 1. The van der Waals surface area contributed by atoms with Crippen molar-refractivity contribution in [3.8, 4) is 22.5 Å². The van der Waals surface area contributed by atoms with E-state index < -0.39 is 11.7 Å². The maximum atomic E-state index is 15.1.